The Morgan fingerprint density at radius 2 is 1.80 bits per heavy atom. The van der Waals surface area contributed by atoms with Gasteiger partial charge in [-0.1, -0.05) is 49.6 Å². The molecule has 0 aliphatic heterocycles. The number of anilines is 1. The zero-order valence-corrected chi connectivity index (χ0v) is 23.5. The van der Waals surface area contributed by atoms with E-state index in [2.05, 4.69) is 9.69 Å². The van der Waals surface area contributed by atoms with Crippen LogP contribution in [0.25, 0.3) is 0 Å². The van der Waals surface area contributed by atoms with E-state index in [-0.39, 0.29) is 34.8 Å². The van der Waals surface area contributed by atoms with Crippen LogP contribution in [0.5, 0.6) is 11.5 Å². The van der Waals surface area contributed by atoms with Gasteiger partial charge in [-0.15, -0.1) is 0 Å². The van der Waals surface area contributed by atoms with Crippen molar-refractivity contribution in [2.24, 2.45) is 5.73 Å². The number of amides is 3. The summed E-state index contributed by atoms with van der Waals surface area (Å²) in [7, 11) is 1.55. The summed E-state index contributed by atoms with van der Waals surface area (Å²) in [5.74, 6) is -0.475. The third kappa shape index (κ3) is 6.53. The fourth-order valence-corrected chi connectivity index (χ4v) is 5.73. The van der Waals surface area contributed by atoms with E-state index in [9.17, 15) is 14.4 Å². The first kappa shape index (κ1) is 28.9. The van der Waals surface area contributed by atoms with Crippen LogP contribution in [0.1, 0.15) is 76.4 Å². The highest BCUT2D eigenvalue weighted by molar-refractivity contribution is 7.09. The van der Waals surface area contributed by atoms with Crippen molar-refractivity contribution in [3.05, 3.63) is 70.2 Å². The predicted molar refractivity (Wildman–Crippen MR) is 153 cm³/mol. The first-order chi connectivity index (χ1) is 19.3. The average molecular weight is 566 g/mol. The number of nitrogens with zero attached hydrogens (tertiary/aromatic N) is 2. The Bertz CT molecular complexity index is 1340. The number of hydrogen-bond donors (Lipinski definition) is 3. The van der Waals surface area contributed by atoms with Gasteiger partial charge in [-0.05, 0) is 55.1 Å². The number of rotatable bonds is 11. The maximum Gasteiger partial charge on any atom is 0.270 e. The number of para-hydroxylation sites is 1. The van der Waals surface area contributed by atoms with Gasteiger partial charge in [-0.25, -0.2) is 0 Å². The number of nitrogens with two attached hydrogens (primary N) is 2. The first-order valence-corrected chi connectivity index (χ1v) is 14.1. The third-order valence-corrected chi connectivity index (χ3v) is 7.82. The molecule has 4 rings (SSSR count). The highest BCUT2D eigenvalue weighted by Gasteiger charge is 2.36. The molecule has 212 valence electrons. The number of nitrogen functional groups attached to an aromatic ring is 1. The van der Waals surface area contributed by atoms with Gasteiger partial charge in [0.1, 0.15) is 22.4 Å². The number of nitrogens with one attached hydrogen (secondary N) is 1. The maximum absolute atomic E-state index is 14.2. The Hall–Kier alpha value is -4.12. The van der Waals surface area contributed by atoms with Crippen molar-refractivity contribution in [2.75, 3.05) is 19.5 Å². The van der Waals surface area contributed by atoms with Crippen LogP contribution in [0.2, 0.25) is 0 Å². The standard InChI is InChI=1S/C29H35N5O5S/c1-3-39-21-15-13-18(14-16-21)25(28(36)32-20-10-5-4-6-11-20)34(17-19-9-7-8-12-22(19)38-2)29(37)26-23(30)24(27(31)35)33-40-26/h7-9,12-16,20,25H,3-6,10-11,17,30H2,1-2H3,(H2,31,35)(H,32,36)/t25-/m0/s1. The van der Waals surface area contributed by atoms with Crippen molar-refractivity contribution in [3.63, 3.8) is 0 Å². The summed E-state index contributed by atoms with van der Waals surface area (Å²) in [6.45, 7) is 2.42. The Kier molecular flexibility index (Phi) is 9.60. The van der Waals surface area contributed by atoms with Gasteiger partial charge in [-0.2, -0.15) is 4.37 Å². The van der Waals surface area contributed by atoms with Gasteiger partial charge in [0, 0.05) is 11.6 Å². The molecule has 40 heavy (non-hydrogen) atoms. The first-order valence-electron chi connectivity index (χ1n) is 13.3. The molecule has 1 heterocycles. The molecular weight excluding hydrogens is 530 g/mol. The summed E-state index contributed by atoms with van der Waals surface area (Å²) in [5, 5.41) is 3.18. The summed E-state index contributed by atoms with van der Waals surface area (Å²) < 4.78 is 15.2. The number of primary amides is 1. The Labute approximate surface area is 237 Å². The van der Waals surface area contributed by atoms with Gasteiger partial charge < -0.3 is 31.2 Å². The molecule has 10 nitrogen and oxygen atoms in total. The number of benzene rings is 2. The van der Waals surface area contributed by atoms with E-state index < -0.39 is 17.9 Å². The summed E-state index contributed by atoms with van der Waals surface area (Å²) in [6, 6.07) is 13.4. The van der Waals surface area contributed by atoms with E-state index >= 15 is 0 Å². The normalized spacial score (nSPS) is 14.2. The summed E-state index contributed by atoms with van der Waals surface area (Å²) >= 11 is 0.780. The van der Waals surface area contributed by atoms with Crippen LogP contribution in [0, 0.1) is 0 Å². The molecule has 1 aliphatic carbocycles. The molecule has 2 aromatic carbocycles. The minimum absolute atomic E-state index is 0.0181. The van der Waals surface area contributed by atoms with Gasteiger partial charge in [0.25, 0.3) is 11.8 Å². The Morgan fingerprint density at radius 1 is 1.10 bits per heavy atom. The largest absolute Gasteiger partial charge is 0.496 e. The van der Waals surface area contributed by atoms with E-state index in [0.717, 1.165) is 43.6 Å². The quantitative estimate of drug-likeness (QED) is 0.317. The molecule has 0 unspecified atom stereocenters. The molecule has 5 N–H and O–H groups in total. The van der Waals surface area contributed by atoms with Gasteiger partial charge in [0.15, 0.2) is 5.69 Å². The Balaban J connectivity index is 1.81. The molecule has 0 saturated heterocycles. The molecule has 1 aliphatic rings. The number of hydrogen-bond acceptors (Lipinski definition) is 8. The van der Waals surface area contributed by atoms with E-state index in [1.807, 2.05) is 25.1 Å². The van der Waals surface area contributed by atoms with Crippen molar-refractivity contribution in [1.82, 2.24) is 14.6 Å². The van der Waals surface area contributed by atoms with Crippen LogP contribution in [-0.4, -0.2) is 46.8 Å². The fraction of sp³-hybridized carbons (Fsp3) is 0.379. The zero-order valence-electron chi connectivity index (χ0n) is 22.7. The minimum Gasteiger partial charge on any atom is -0.496 e. The van der Waals surface area contributed by atoms with Crippen molar-refractivity contribution in [3.8, 4) is 11.5 Å². The smallest absolute Gasteiger partial charge is 0.270 e. The van der Waals surface area contributed by atoms with Gasteiger partial charge in [0.05, 0.1) is 25.9 Å². The molecule has 1 fully saturated rings. The summed E-state index contributed by atoms with van der Waals surface area (Å²) in [6.07, 6.45) is 4.98. The molecule has 3 aromatic rings. The minimum atomic E-state index is -1.02. The van der Waals surface area contributed by atoms with Crippen molar-refractivity contribution in [1.29, 1.82) is 0 Å². The second-order valence-electron chi connectivity index (χ2n) is 9.63. The van der Waals surface area contributed by atoms with Crippen LogP contribution in [0.15, 0.2) is 48.5 Å². The number of methoxy groups -OCH3 is 1. The molecule has 1 saturated carbocycles. The van der Waals surface area contributed by atoms with Crippen LogP contribution in [0.4, 0.5) is 5.69 Å². The number of carbonyl (C=O) groups is 3. The lowest BCUT2D eigenvalue weighted by atomic mass is 9.94. The van der Waals surface area contributed by atoms with Crippen LogP contribution >= 0.6 is 11.5 Å². The molecule has 1 atom stereocenters. The van der Waals surface area contributed by atoms with Crippen molar-refractivity contribution >= 4 is 34.9 Å². The highest BCUT2D eigenvalue weighted by Crippen LogP contribution is 2.33. The third-order valence-electron chi connectivity index (χ3n) is 6.97. The number of aromatic nitrogens is 1. The van der Waals surface area contributed by atoms with Crippen LogP contribution in [-0.2, 0) is 11.3 Å². The second kappa shape index (κ2) is 13.3. The van der Waals surface area contributed by atoms with E-state index in [4.69, 9.17) is 20.9 Å². The van der Waals surface area contributed by atoms with Crippen LogP contribution < -0.4 is 26.3 Å². The summed E-state index contributed by atoms with van der Waals surface area (Å²) in [4.78, 5) is 41.6. The van der Waals surface area contributed by atoms with Crippen molar-refractivity contribution in [2.45, 2.75) is 57.7 Å². The molecule has 0 bridgehead atoms. The zero-order chi connectivity index (χ0) is 28.6. The van der Waals surface area contributed by atoms with Gasteiger partial charge >= 0.3 is 0 Å². The number of carbonyl (C=O) groups excluding carboxylic acids is 3. The lowest BCUT2D eigenvalue weighted by Crippen LogP contribution is -2.46. The molecular formula is C29H35N5O5S. The molecule has 1 aromatic heterocycles. The average Bonchev–Trinajstić information content (AvgIpc) is 3.35. The fourth-order valence-electron chi connectivity index (χ4n) is 4.97. The number of ether oxygens (including phenoxy) is 2. The highest BCUT2D eigenvalue weighted by atomic mass is 32.1. The Morgan fingerprint density at radius 3 is 2.42 bits per heavy atom. The lowest BCUT2D eigenvalue weighted by molar-refractivity contribution is -0.127. The molecule has 3 amide bonds. The van der Waals surface area contributed by atoms with Gasteiger partial charge in [0.2, 0.25) is 5.91 Å². The second-order valence-corrected chi connectivity index (χ2v) is 10.4. The van der Waals surface area contributed by atoms with Gasteiger partial charge in [-0.3, -0.25) is 14.4 Å². The monoisotopic (exact) mass is 565 g/mol. The topological polar surface area (TPSA) is 150 Å². The summed E-state index contributed by atoms with van der Waals surface area (Å²) in [5.41, 5.74) is 12.6. The SMILES string of the molecule is CCOc1ccc([C@@H](C(=O)NC2CCCCC2)N(Cc2ccccc2OC)C(=O)c2snc(C(N)=O)c2N)cc1. The predicted octanol–water partition coefficient (Wildman–Crippen LogP) is 4.06. The molecule has 0 radical (unpaired) electrons. The van der Waals surface area contributed by atoms with E-state index in [1.165, 1.54) is 4.90 Å². The molecule has 11 heteroatoms. The lowest BCUT2D eigenvalue weighted by Gasteiger charge is -2.33. The molecule has 0 spiro atoms. The van der Waals surface area contributed by atoms with Crippen LogP contribution in [0.3, 0.4) is 0 Å². The van der Waals surface area contributed by atoms with Crippen molar-refractivity contribution < 1.29 is 23.9 Å². The van der Waals surface area contributed by atoms with E-state index in [0.29, 0.717) is 29.2 Å². The van der Waals surface area contributed by atoms with E-state index in [1.54, 1.807) is 37.4 Å². The maximum atomic E-state index is 14.2.